The van der Waals surface area contributed by atoms with Gasteiger partial charge in [0.05, 0.1) is 18.9 Å². The zero-order valence-electron chi connectivity index (χ0n) is 19.0. The maximum Gasteiger partial charge on any atom is 0.308 e. The highest BCUT2D eigenvalue weighted by atomic mass is 16.5. The molecule has 0 radical (unpaired) electrons. The van der Waals surface area contributed by atoms with Gasteiger partial charge >= 0.3 is 11.9 Å². The zero-order chi connectivity index (χ0) is 21.7. The van der Waals surface area contributed by atoms with Crippen LogP contribution in [0.1, 0.15) is 129 Å². The summed E-state index contributed by atoms with van der Waals surface area (Å²) in [4.78, 5) is 23.1. The van der Waals surface area contributed by atoms with Crippen LogP contribution in [0.25, 0.3) is 0 Å². The van der Waals surface area contributed by atoms with Crippen molar-refractivity contribution >= 4 is 11.9 Å². The van der Waals surface area contributed by atoms with Gasteiger partial charge < -0.3 is 14.9 Å². The quantitative estimate of drug-likeness (QED) is 0.168. The Hall–Kier alpha value is -1.10. The fraction of sp³-hybridized carbons (Fsp3) is 0.917. The van der Waals surface area contributed by atoms with E-state index in [1.165, 1.54) is 51.4 Å². The maximum absolute atomic E-state index is 12.0. The van der Waals surface area contributed by atoms with E-state index in [9.17, 15) is 14.7 Å². The van der Waals surface area contributed by atoms with Crippen molar-refractivity contribution in [2.75, 3.05) is 0 Å². The molecule has 0 saturated heterocycles. The van der Waals surface area contributed by atoms with Gasteiger partial charge in [0.1, 0.15) is 6.10 Å². The van der Waals surface area contributed by atoms with Crippen LogP contribution >= 0.6 is 0 Å². The minimum atomic E-state index is -0.950. The molecule has 0 rings (SSSR count). The van der Waals surface area contributed by atoms with Gasteiger partial charge in [0.2, 0.25) is 0 Å². The SMILES string of the molecule is CCCCCCCCCCCCCC(CC(=O)O)OC(=O)CC(O)CCCCC. The van der Waals surface area contributed by atoms with Crippen molar-refractivity contribution in [1.82, 2.24) is 0 Å². The molecule has 2 N–H and O–H groups in total. The van der Waals surface area contributed by atoms with E-state index >= 15 is 0 Å². The molecule has 2 atom stereocenters. The lowest BCUT2D eigenvalue weighted by molar-refractivity contribution is -0.155. The predicted octanol–water partition coefficient (Wildman–Crippen LogP) is 6.41. The molecule has 0 aliphatic heterocycles. The Labute approximate surface area is 178 Å². The monoisotopic (exact) mass is 414 g/mol. The first kappa shape index (κ1) is 27.9. The molecule has 5 nitrogen and oxygen atoms in total. The van der Waals surface area contributed by atoms with E-state index in [-0.39, 0.29) is 12.8 Å². The van der Waals surface area contributed by atoms with Crippen molar-refractivity contribution in [2.24, 2.45) is 0 Å². The van der Waals surface area contributed by atoms with Gasteiger partial charge in [-0.05, 0) is 19.3 Å². The molecule has 29 heavy (non-hydrogen) atoms. The van der Waals surface area contributed by atoms with Gasteiger partial charge in [0, 0.05) is 0 Å². The highest BCUT2D eigenvalue weighted by Gasteiger charge is 2.20. The van der Waals surface area contributed by atoms with Crippen LogP contribution in [0.4, 0.5) is 0 Å². The molecule has 0 saturated carbocycles. The fourth-order valence-electron chi connectivity index (χ4n) is 3.59. The zero-order valence-corrected chi connectivity index (χ0v) is 19.0. The van der Waals surface area contributed by atoms with Crippen molar-refractivity contribution in [3.8, 4) is 0 Å². The van der Waals surface area contributed by atoms with Gasteiger partial charge in [-0.1, -0.05) is 97.3 Å². The molecule has 0 aromatic rings. The normalized spacial score (nSPS) is 13.2. The molecule has 0 aliphatic carbocycles. The van der Waals surface area contributed by atoms with Crippen LogP contribution in [-0.4, -0.2) is 34.4 Å². The van der Waals surface area contributed by atoms with Crippen LogP contribution < -0.4 is 0 Å². The maximum atomic E-state index is 12.0. The summed E-state index contributed by atoms with van der Waals surface area (Å²) >= 11 is 0. The minimum absolute atomic E-state index is 0.0436. The number of ether oxygens (including phenoxy) is 1. The molecule has 0 spiro atoms. The number of esters is 1. The summed E-state index contributed by atoms with van der Waals surface area (Å²) in [5.74, 6) is -1.43. The molecule has 0 bridgehead atoms. The summed E-state index contributed by atoms with van der Waals surface area (Å²) < 4.78 is 5.35. The summed E-state index contributed by atoms with van der Waals surface area (Å²) in [6.07, 6.45) is 16.2. The second-order valence-corrected chi connectivity index (χ2v) is 8.39. The van der Waals surface area contributed by atoms with Crippen molar-refractivity contribution in [2.45, 2.75) is 142 Å². The van der Waals surface area contributed by atoms with Crippen LogP contribution in [-0.2, 0) is 14.3 Å². The number of aliphatic hydroxyl groups is 1. The number of hydrogen-bond acceptors (Lipinski definition) is 4. The third-order valence-electron chi connectivity index (χ3n) is 5.37. The molecule has 0 aromatic carbocycles. The van der Waals surface area contributed by atoms with Crippen LogP contribution in [0, 0.1) is 0 Å². The number of aliphatic carboxylic acids is 1. The second-order valence-electron chi connectivity index (χ2n) is 8.39. The van der Waals surface area contributed by atoms with Gasteiger partial charge in [0.15, 0.2) is 0 Å². The highest BCUT2D eigenvalue weighted by Crippen LogP contribution is 2.16. The number of rotatable bonds is 21. The molecule has 0 amide bonds. The molecular formula is C24H46O5. The highest BCUT2D eigenvalue weighted by molar-refractivity contribution is 5.71. The number of unbranched alkanes of at least 4 members (excludes halogenated alkanes) is 12. The molecule has 0 aliphatic rings. The van der Waals surface area contributed by atoms with E-state index in [1.807, 2.05) is 0 Å². The molecular weight excluding hydrogens is 368 g/mol. The first-order valence-electron chi connectivity index (χ1n) is 12.1. The van der Waals surface area contributed by atoms with Gasteiger partial charge in [-0.25, -0.2) is 0 Å². The van der Waals surface area contributed by atoms with Gasteiger partial charge in [-0.15, -0.1) is 0 Å². The van der Waals surface area contributed by atoms with Crippen LogP contribution in [0.5, 0.6) is 0 Å². The number of carbonyl (C=O) groups excluding carboxylic acids is 1. The lowest BCUT2D eigenvalue weighted by atomic mass is 10.0. The van der Waals surface area contributed by atoms with Crippen molar-refractivity contribution in [3.05, 3.63) is 0 Å². The lowest BCUT2D eigenvalue weighted by Gasteiger charge is -2.17. The number of carbonyl (C=O) groups is 2. The Morgan fingerprint density at radius 1 is 0.690 bits per heavy atom. The average Bonchev–Trinajstić information content (AvgIpc) is 2.65. The molecule has 0 heterocycles. The topological polar surface area (TPSA) is 83.8 Å². The first-order valence-corrected chi connectivity index (χ1v) is 12.1. The molecule has 172 valence electrons. The number of carboxylic acids is 1. The summed E-state index contributed by atoms with van der Waals surface area (Å²) in [5.41, 5.74) is 0. The summed E-state index contributed by atoms with van der Waals surface area (Å²) in [5, 5.41) is 19.0. The van der Waals surface area contributed by atoms with Crippen LogP contribution in [0.2, 0.25) is 0 Å². The van der Waals surface area contributed by atoms with Crippen LogP contribution in [0.3, 0.4) is 0 Å². The van der Waals surface area contributed by atoms with E-state index in [0.29, 0.717) is 12.8 Å². The van der Waals surface area contributed by atoms with Crippen molar-refractivity contribution in [1.29, 1.82) is 0 Å². The lowest BCUT2D eigenvalue weighted by Crippen LogP contribution is -2.24. The Kier molecular flexibility index (Phi) is 19.4. The van der Waals surface area contributed by atoms with E-state index in [4.69, 9.17) is 9.84 Å². The Balaban J connectivity index is 3.87. The molecule has 5 heteroatoms. The van der Waals surface area contributed by atoms with Crippen LogP contribution in [0.15, 0.2) is 0 Å². The first-order chi connectivity index (χ1) is 14.0. The van der Waals surface area contributed by atoms with E-state index < -0.39 is 24.1 Å². The predicted molar refractivity (Wildman–Crippen MR) is 118 cm³/mol. The summed E-state index contributed by atoms with van der Waals surface area (Å²) in [6, 6.07) is 0. The molecule has 0 fully saturated rings. The van der Waals surface area contributed by atoms with E-state index in [0.717, 1.165) is 38.5 Å². The third-order valence-corrected chi connectivity index (χ3v) is 5.37. The molecule has 0 aromatic heterocycles. The standard InChI is InChI=1S/C24H46O5/c1-3-5-7-8-9-10-11-12-13-14-16-18-22(20-23(26)27)29-24(28)19-21(25)17-15-6-4-2/h21-22,25H,3-20H2,1-2H3,(H,26,27). The molecule has 2 unspecified atom stereocenters. The number of carboxylic acid groups (broad SMARTS) is 1. The fourth-order valence-corrected chi connectivity index (χ4v) is 3.59. The van der Waals surface area contributed by atoms with Crippen molar-refractivity contribution < 1.29 is 24.5 Å². The number of aliphatic hydroxyl groups excluding tert-OH is 1. The van der Waals surface area contributed by atoms with Gasteiger partial charge in [-0.3, -0.25) is 9.59 Å². The Bertz CT molecular complexity index is 397. The number of hydrogen-bond donors (Lipinski definition) is 2. The summed E-state index contributed by atoms with van der Waals surface area (Å²) in [6.45, 7) is 4.33. The summed E-state index contributed by atoms with van der Waals surface area (Å²) in [7, 11) is 0. The Morgan fingerprint density at radius 2 is 1.14 bits per heavy atom. The largest absolute Gasteiger partial charge is 0.481 e. The smallest absolute Gasteiger partial charge is 0.308 e. The van der Waals surface area contributed by atoms with Crippen molar-refractivity contribution in [3.63, 3.8) is 0 Å². The van der Waals surface area contributed by atoms with E-state index in [1.54, 1.807) is 0 Å². The minimum Gasteiger partial charge on any atom is -0.481 e. The average molecular weight is 415 g/mol. The Morgan fingerprint density at radius 3 is 1.66 bits per heavy atom. The third kappa shape index (κ3) is 20.0. The van der Waals surface area contributed by atoms with Gasteiger partial charge in [0.25, 0.3) is 0 Å². The second kappa shape index (κ2) is 20.2. The van der Waals surface area contributed by atoms with Gasteiger partial charge in [-0.2, -0.15) is 0 Å². The van der Waals surface area contributed by atoms with E-state index in [2.05, 4.69) is 13.8 Å².